The van der Waals surface area contributed by atoms with Crippen molar-refractivity contribution in [3.63, 3.8) is 0 Å². The Balaban J connectivity index is 2.39. The van der Waals surface area contributed by atoms with Crippen LogP contribution < -0.4 is 0 Å². The first-order chi connectivity index (χ1) is 8.49. The number of halogens is 1. The number of likely N-dealkylation sites (N-methyl/N-ethyl adjacent to an activating group) is 1. The number of amides is 1. The summed E-state index contributed by atoms with van der Waals surface area (Å²) in [6.45, 7) is 0.409. The summed E-state index contributed by atoms with van der Waals surface area (Å²) in [5, 5.41) is 8.49. The predicted octanol–water partition coefficient (Wildman–Crippen LogP) is 1.69. The van der Waals surface area contributed by atoms with Crippen LogP contribution in [0.25, 0.3) is 0 Å². The number of hydrogen-bond donors (Lipinski definition) is 1. The minimum atomic E-state index is -0.866. The molecular weight excluding hydrogens is 237 g/mol. The molecule has 0 aromatic heterocycles. The fourth-order valence-corrected chi connectivity index (χ4v) is 1.50. The molecule has 0 fully saturated rings. The molecule has 1 rings (SSSR count). The van der Waals surface area contributed by atoms with Gasteiger partial charge in [-0.05, 0) is 24.1 Å². The first kappa shape index (κ1) is 14.2. The maximum Gasteiger partial charge on any atom is 0.303 e. The van der Waals surface area contributed by atoms with Crippen LogP contribution in [0.4, 0.5) is 4.39 Å². The summed E-state index contributed by atoms with van der Waals surface area (Å²) in [5.41, 5.74) is 0.742. The molecule has 18 heavy (non-hydrogen) atoms. The van der Waals surface area contributed by atoms with Crippen LogP contribution in [0.3, 0.4) is 0 Å². The van der Waals surface area contributed by atoms with Crippen molar-refractivity contribution in [3.05, 3.63) is 35.6 Å². The standard InChI is InChI=1S/C13H16FNO3/c1-15(8-2-3-13(17)18)12(16)9-10-4-6-11(14)7-5-10/h4-7H,2-3,8-9H2,1H3,(H,17,18). The van der Waals surface area contributed by atoms with Crippen LogP contribution >= 0.6 is 0 Å². The summed E-state index contributed by atoms with van der Waals surface area (Å²) in [7, 11) is 1.63. The Morgan fingerprint density at radius 2 is 1.89 bits per heavy atom. The van der Waals surface area contributed by atoms with E-state index in [1.807, 2.05) is 0 Å². The average molecular weight is 253 g/mol. The summed E-state index contributed by atoms with van der Waals surface area (Å²) in [6.07, 6.45) is 0.680. The van der Waals surface area contributed by atoms with E-state index in [1.54, 1.807) is 19.2 Å². The Bertz CT molecular complexity index is 417. The van der Waals surface area contributed by atoms with E-state index >= 15 is 0 Å². The van der Waals surface area contributed by atoms with Crippen LogP contribution in [0.1, 0.15) is 18.4 Å². The highest BCUT2D eigenvalue weighted by Crippen LogP contribution is 2.05. The van der Waals surface area contributed by atoms with Crippen molar-refractivity contribution < 1.29 is 19.1 Å². The zero-order valence-electron chi connectivity index (χ0n) is 10.2. The van der Waals surface area contributed by atoms with Crippen molar-refractivity contribution in [1.82, 2.24) is 4.90 Å². The van der Waals surface area contributed by atoms with Crippen LogP contribution in [-0.2, 0) is 16.0 Å². The Morgan fingerprint density at radius 1 is 1.28 bits per heavy atom. The number of rotatable bonds is 6. The van der Waals surface area contributed by atoms with Crippen molar-refractivity contribution in [1.29, 1.82) is 0 Å². The van der Waals surface area contributed by atoms with Crippen molar-refractivity contribution >= 4 is 11.9 Å². The second-order valence-electron chi connectivity index (χ2n) is 4.12. The SMILES string of the molecule is CN(CCCC(=O)O)C(=O)Cc1ccc(F)cc1. The normalized spacial score (nSPS) is 10.1. The molecule has 5 heteroatoms. The molecule has 0 radical (unpaired) electrons. The van der Waals surface area contributed by atoms with Gasteiger partial charge in [-0.1, -0.05) is 12.1 Å². The molecule has 1 aromatic rings. The van der Waals surface area contributed by atoms with Gasteiger partial charge in [0.2, 0.25) is 5.91 Å². The lowest BCUT2D eigenvalue weighted by atomic mass is 10.1. The highest BCUT2D eigenvalue weighted by molar-refractivity contribution is 5.78. The average Bonchev–Trinajstić information content (AvgIpc) is 2.31. The largest absolute Gasteiger partial charge is 0.481 e. The zero-order chi connectivity index (χ0) is 13.5. The molecule has 0 spiro atoms. The second kappa shape index (κ2) is 6.74. The Kier molecular flexibility index (Phi) is 5.30. The van der Waals surface area contributed by atoms with Gasteiger partial charge in [0.1, 0.15) is 5.82 Å². The third-order valence-corrected chi connectivity index (χ3v) is 2.58. The summed E-state index contributed by atoms with van der Waals surface area (Å²) in [4.78, 5) is 23.6. The van der Waals surface area contributed by atoms with Gasteiger partial charge in [0.05, 0.1) is 6.42 Å². The number of carbonyl (C=O) groups excluding carboxylic acids is 1. The lowest BCUT2D eigenvalue weighted by Crippen LogP contribution is -2.29. The maximum absolute atomic E-state index is 12.7. The molecule has 0 saturated carbocycles. The van der Waals surface area contributed by atoms with Crippen molar-refractivity contribution in [2.24, 2.45) is 0 Å². The van der Waals surface area contributed by atoms with Crippen LogP contribution in [0.15, 0.2) is 24.3 Å². The lowest BCUT2D eigenvalue weighted by Gasteiger charge is -2.16. The van der Waals surface area contributed by atoms with Crippen LogP contribution in [0.5, 0.6) is 0 Å². The number of hydrogen-bond acceptors (Lipinski definition) is 2. The molecule has 0 heterocycles. The van der Waals surface area contributed by atoms with E-state index in [-0.39, 0.29) is 24.6 Å². The van der Waals surface area contributed by atoms with Gasteiger partial charge < -0.3 is 10.0 Å². The quantitative estimate of drug-likeness (QED) is 0.839. The molecule has 0 saturated heterocycles. The highest BCUT2D eigenvalue weighted by Gasteiger charge is 2.10. The molecule has 0 aliphatic heterocycles. The van der Waals surface area contributed by atoms with E-state index in [0.29, 0.717) is 13.0 Å². The van der Waals surface area contributed by atoms with E-state index in [4.69, 9.17) is 5.11 Å². The molecule has 98 valence electrons. The van der Waals surface area contributed by atoms with E-state index in [9.17, 15) is 14.0 Å². The Morgan fingerprint density at radius 3 is 2.44 bits per heavy atom. The molecule has 0 bridgehead atoms. The third-order valence-electron chi connectivity index (χ3n) is 2.58. The van der Waals surface area contributed by atoms with Crippen molar-refractivity contribution in [2.75, 3.05) is 13.6 Å². The van der Waals surface area contributed by atoms with Gasteiger partial charge in [0, 0.05) is 20.0 Å². The maximum atomic E-state index is 12.7. The van der Waals surface area contributed by atoms with Crippen LogP contribution in [0.2, 0.25) is 0 Å². The number of carboxylic acids is 1. The Labute approximate surface area is 105 Å². The van der Waals surface area contributed by atoms with E-state index < -0.39 is 5.97 Å². The molecular formula is C13H16FNO3. The van der Waals surface area contributed by atoms with Crippen molar-refractivity contribution in [3.8, 4) is 0 Å². The zero-order valence-corrected chi connectivity index (χ0v) is 10.2. The van der Waals surface area contributed by atoms with Crippen molar-refractivity contribution in [2.45, 2.75) is 19.3 Å². The molecule has 1 amide bonds. The number of benzene rings is 1. The highest BCUT2D eigenvalue weighted by atomic mass is 19.1. The fourth-order valence-electron chi connectivity index (χ4n) is 1.50. The third kappa shape index (κ3) is 4.95. The van der Waals surface area contributed by atoms with Gasteiger partial charge in [-0.3, -0.25) is 9.59 Å². The Hall–Kier alpha value is -1.91. The predicted molar refractivity (Wildman–Crippen MR) is 64.6 cm³/mol. The van der Waals surface area contributed by atoms with Gasteiger partial charge >= 0.3 is 5.97 Å². The first-order valence-electron chi connectivity index (χ1n) is 5.69. The molecule has 0 aliphatic rings. The molecule has 1 N–H and O–H groups in total. The minimum Gasteiger partial charge on any atom is -0.481 e. The number of aliphatic carboxylic acids is 1. The molecule has 0 unspecified atom stereocenters. The summed E-state index contributed by atoms with van der Waals surface area (Å²) < 4.78 is 12.7. The summed E-state index contributed by atoms with van der Waals surface area (Å²) in [5.74, 6) is -1.30. The van der Waals surface area contributed by atoms with Gasteiger partial charge in [0.15, 0.2) is 0 Å². The van der Waals surface area contributed by atoms with Gasteiger partial charge in [-0.25, -0.2) is 4.39 Å². The molecule has 0 aliphatic carbocycles. The smallest absolute Gasteiger partial charge is 0.303 e. The molecule has 0 atom stereocenters. The monoisotopic (exact) mass is 253 g/mol. The van der Waals surface area contributed by atoms with E-state index in [0.717, 1.165) is 5.56 Å². The second-order valence-corrected chi connectivity index (χ2v) is 4.12. The number of carboxylic acid groups (broad SMARTS) is 1. The van der Waals surface area contributed by atoms with Crippen LogP contribution in [0, 0.1) is 5.82 Å². The van der Waals surface area contributed by atoms with Gasteiger partial charge in [-0.2, -0.15) is 0 Å². The summed E-state index contributed by atoms with van der Waals surface area (Å²) >= 11 is 0. The van der Waals surface area contributed by atoms with E-state index in [1.165, 1.54) is 17.0 Å². The fraction of sp³-hybridized carbons (Fsp3) is 0.385. The van der Waals surface area contributed by atoms with Gasteiger partial charge in [0.25, 0.3) is 0 Å². The number of carbonyl (C=O) groups is 2. The van der Waals surface area contributed by atoms with Gasteiger partial charge in [-0.15, -0.1) is 0 Å². The molecule has 4 nitrogen and oxygen atoms in total. The minimum absolute atomic E-state index is 0.0498. The lowest BCUT2D eigenvalue weighted by molar-refractivity contribution is -0.138. The molecule has 1 aromatic carbocycles. The van der Waals surface area contributed by atoms with E-state index in [2.05, 4.69) is 0 Å². The summed E-state index contributed by atoms with van der Waals surface area (Å²) in [6, 6.07) is 5.76. The number of nitrogens with zero attached hydrogens (tertiary/aromatic N) is 1. The topological polar surface area (TPSA) is 57.6 Å². The van der Waals surface area contributed by atoms with Crippen LogP contribution in [-0.4, -0.2) is 35.5 Å². The first-order valence-corrected chi connectivity index (χ1v) is 5.69.